The van der Waals surface area contributed by atoms with Crippen LogP contribution in [0.4, 0.5) is 11.4 Å². The zero-order valence-electron chi connectivity index (χ0n) is 26.5. The highest BCUT2D eigenvalue weighted by atomic mass is 16.2. The Hall–Kier alpha value is -4.26. The van der Waals surface area contributed by atoms with E-state index in [1.54, 1.807) is 0 Å². The Morgan fingerprint density at radius 1 is 0.659 bits per heavy atom. The van der Waals surface area contributed by atoms with Gasteiger partial charge in [-0.15, -0.1) is 0 Å². The van der Waals surface area contributed by atoms with Gasteiger partial charge in [0.2, 0.25) is 11.8 Å². The normalized spacial score (nSPS) is 21.2. The molecule has 44 heavy (non-hydrogen) atoms. The number of para-hydroxylation sites is 2. The molecule has 6 rings (SSSR count). The van der Waals surface area contributed by atoms with Crippen LogP contribution in [0.5, 0.6) is 0 Å². The minimum Gasteiger partial charge on any atom is -0.309 e. The van der Waals surface area contributed by atoms with Crippen LogP contribution < -0.4 is 20.4 Å². The van der Waals surface area contributed by atoms with Crippen molar-refractivity contribution in [2.24, 2.45) is 0 Å². The number of rotatable bonds is 4. The molecule has 3 unspecified atom stereocenters. The molecule has 0 bridgehead atoms. The largest absolute Gasteiger partial charge is 0.309 e. The van der Waals surface area contributed by atoms with Gasteiger partial charge >= 0.3 is 0 Å². The van der Waals surface area contributed by atoms with E-state index in [0.29, 0.717) is 0 Å². The summed E-state index contributed by atoms with van der Waals surface area (Å²) in [5.41, 5.74) is 6.54. The molecule has 2 N–H and O–H groups in total. The van der Waals surface area contributed by atoms with E-state index in [1.165, 1.54) is 22.3 Å². The number of likely N-dealkylation sites (N-methyl/N-ethyl adjacent to an activating group) is 2. The second kappa shape index (κ2) is 13.6. The van der Waals surface area contributed by atoms with Gasteiger partial charge in [-0.2, -0.15) is 0 Å². The summed E-state index contributed by atoms with van der Waals surface area (Å²) in [6.45, 7) is 6.35. The van der Waals surface area contributed by atoms with Crippen molar-refractivity contribution in [2.45, 2.75) is 63.7 Å². The first-order valence-electron chi connectivity index (χ1n) is 15.6. The van der Waals surface area contributed by atoms with Crippen LogP contribution >= 0.6 is 0 Å². The number of aryl methyl sites for hydroxylation is 1. The zero-order chi connectivity index (χ0) is 31.3. The van der Waals surface area contributed by atoms with Gasteiger partial charge in [-0.05, 0) is 101 Å². The Morgan fingerprint density at radius 2 is 1.20 bits per heavy atom. The Kier molecular flexibility index (Phi) is 9.62. The molecule has 6 nitrogen and oxygen atoms in total. The van der Waals surface area contributed by atoms with Crippen LogP contribution in [-0.2, 0) is 28.0 Å². The molecule has 3 atom stereocenters. The second-order valence-corrected chi connectivity index (χ2v) is 12.1. The summed E-state index contributed by atoms with van der Waals surface area (Å²) < 4.78 is 0. The molecular formula is C38H44N4O2. The van der Waals surface area contributed by atoms with Crippen LogP contribution in [0, 0.1) is 0 Å². The maximum absolute atomic E-state index is 13.1. The van der Waals surface area contributed by atoms with Crippen molar-refractivity contribution in [3.63, 3.8) is 0 Å². The topological polar surface area (TPSA) is 64.7 Å². The molecule has 2 amide bonds. The third kappa shape index (κ3) is 6.19. The summed E-state index contributed by atoms with van der Waals surface area (Å²) in [4.78, 5) is 30.0. The van der Waals surface area contributed by atoms with Crippen LogP contribution in [0.25, 0.3) is 0 Å². The number of hydrogen-bond donors (Lipinski definition) is 2. The summed E-state index contributed by atoms with van der Waals surface area (Å²) >= 11 is 0. The molecule has 2 heterocycles. The van der Waals surface area contributed by atoms with E-state index in [1.807, 2.05) is 96.7 Å². The van der Waals surface area contributed by atoms with Gasteiger partial charge in [0.25, 0.3) is 0 Å². The van der Waals surface area contributed by atoms with Crippen LogP contribution in [-0.4, -0.2) is 38.0 Å². The molecule has 0 aliphatic carbocycles. The Balaban J connectivity index is 0.000000175. The minimum atomic E-state index is -0.388. The van der Waals surface area contributed by atoms with Crippen molar-refractivity contribution in [1.29, 1.82) is 0 Å². The van der Waals surface area contributed by atoms with Gasteiger partial charge in [0.1, 0.15) is 0 Å². The average molecular weight is 589 g/mol. The Labute approximate surface area is 262 Å². The number of carbonyl (C=O) groups excluding carboxylic acids is 2. The average Bonchev–Trinajstić information content (AvgIpc) is 3.13. The molecule has 0 radical (unpaired) electrons. The van der Waals surface area contributed by atoms with Crippen LogP contribution in [0.2, 0.25) is 0 Å². The van der Waals surface area contributed by atoms with Gasteiger partial charge in [0.15, 0.2) is 0 Å². The van der Waals surface area contributed by atoms with E-state index in [-0.39, 0.29) is 35.5 Å². The van der Waals surface area contributed by atoms with E-state index in [4.69, 9.17) is 0 Å². The van der Waals surface area contributed by atoms with Crippen LogP contribution in [0.15, 0.2) is 109 Å². The van der Waals surface area contributed by atoms with Crippen molar-refractivity contribution in [1.82, 2.24) is 10.6 Å². The van der Waals surface area contributed by atoms with Crippen molar-refractivity contribution in [3.8, 4) is 0 Å². The minimum absolute atomic E-state index is 0.0299. The maximum atomic E-state index is 13.1. The molecule has 0 saturated heterocycles. The van der Waals surface area contributed by atoms with Crippen molar-refractivity contribution in [3.05, 3.63) is 131 Å². The summed E-state index contributed by atoms with van der Waals surface area (Å²) in [5.74, 6) is 0.269. The number of hydrogen-bond acceptors (Lipinski definition) is 4. The molecule has 4 aromatic rings. The number of benzene rings is 4. The van der Waals surface area contributed by atoms with Crippen molar-refractivity contribution < 1.29 is 9.59 Å². The predicted molar refractivity (Wildman–Crippen MR) is 180 cm³/mol. The van der Waals surface area contributed by atoms with Crippen molar-refractivity contribution >= 4 is 23.2 Å². The van der Waals surface area contributed by atoms with Crippen LogP contribution in [0.1, 0.15) is 55.5 Å². The maximum Gasteiger partial charge on any atom is 0.245 e. The fourth-order valence-electron chi connectivity index (χ4n) is 6.70. The molecule has 228 valence electrons. The smallest absolute Gasteiger partial charge is 0.245 e. The monoisotopic (exact) mass is 588 g/mol. The van der Waals surface area contributed by atoms with E-state index >= 15 is 0 Å². The quantitative estimate of drug-likeness (QED) is 0.289. The van der Waals surface area contributed by atoms with Crippen LogP contribution in [0.3, 0.4) is 0 Å². The number of anilines is 2. The molecule has 0 spiro atoms. The van der Waals surface area contributed by atoms with E-state index in [2.05, 4.69) is 67.8 Å². The summed E-state index contributed by atoms with van der Waals surface area (Å²) in [5, 5.41) is 6.36. The number of nitrogens with one attached hydrogen (secondary N) is 2. The molecule has 0 saturated carbocycles. The predicted octanol–water partition coefficient (Wildman–Crippen LogP) is 6.41. The first-order valence-corrected chi connectivity index (χ1v) is 15.6. The highest BCUT2D eigenvalue weighted by molar-refractivity contribution is 6.00. The molecule has 0 aromatic heterocycles. The third-order valence-electron chi connectivity index (χ3n) is 9.05. The second-order valence-electron chi connectivity index (χ2n) is 12.1. The Morgan fingerprint density at radius 3 is 1.84 bits per heavy atom. The van der Waals surface area contributed by atoms with Gasteiger partial charge in [-0.3, -0.25) is 9.59 Å². The summed E-state index contributed by atoms with van der Waals surface area (Å²) in [7, 11) is 3.72. The number of carbonyl (C=O) groups is 2. The molecule has 0 fully saturated rings. The first kappa shape index (κ1) is 31.2. The van der Waals surface area contributed by atoms with E-state index < -0.39 is 0 Å². The number of nitrogens with zero attached hydrogens (tertiary/aromatic N) is 2. The van der Waals surface area contributed by atoms with Gasteiger partial charge in [-0.1, -0.05) is 84.9 Å². The Bertz CT molecular complexity index is 1570. The fourth-order valence-corrected chi connectivity index (χ4v) is 6.70. The van der Waals surface area contributed by atoms with Gasteiger partial charge in [0, 0.05) is 11.4 Å². The molecule has 6 heteroatoms. The standard InChI is InChI=1S/2C19H22N2O/c1-19(2)16-12-8-7-9-14(16)13-17(20-3)18(22)21(19)15-10-5-4-6-11-15;1-14-17-11-7-6-8-15(17)12-13-18(20-2)19(22)21(14)16-9-4-3-5-10-16/h4-12,17,20H,13H2,1-3H3;3-11,14,18,20H,12-13H2,1-2H3. The number of fused-ring (bicyclic) bond motifs is 2. The first-order chi connectivity index (χ1) is 21.3. The van der Waals surface area contributed by atoms with E-state index in [0.717, 1.165) is 30.6 Å². The molecule has 2 aliphatic heterocycles. The highest BCUT2D eigenvalue weighted by Gasteiger charge is 2.41. The molecule has 4 aromatic carbocycles. The fraction of sp³-hybridized carbons (Fsp3) is 0.316. The van der Waals surface area contributed by atoms with Gasteiger partial charge in [0.05, 0.1) is 23.7 Å². The SMILES string of the molecule is CNC1CCc2ccccc2C(C)N(c2ccccc2)C1=O.CNC1Cc2ccccc2C(C)(C)N(c2ccccc2)C1=O. The lowest BCUT2D eigenvalue weighted by molar-refractivity contribution is -0.122. The van der Waals surface area contributed by atoms with Gasteiger partial charge in [-0.25, -0.2) is 0 Å². The zero-order valence-corrected chi connectivity index (χ0v) is 26.5. The number of amides is 2. The van der Waals surface area contributed by atoms with Gasteiger partial charge < -0.3 is 20.4 Å². The van der Waals surface area contributed by atoms with Crippen molar-refractivity contribution in [2.75, 3.05) is 23.9 Å². The summed E-state index contributed by atoms with van der Waals surface area (Å²) in [6, 6.07) is 36.4. The lowest BCUT2D eigenvalue weighted by atomic mass is 9.88. The third-order valence-corrected chi connectivity index (χ3v) is 9.05. The van der Waals surface area contributed by atoms with E-state index in [9.17, 15) is 9.59 Å². The summed E-state index contributed by atoms with van der Waals surface area (Å²) in [6.07, 6.45) is 2.47. The molecule has 2 aliphatic rings. The lowest BCUT2D eigenvalue weighted by Crippen LogP contribution is -2.51. The highest BCUT2D eigenvalue weighted by Crippen LogP contribution is 2.38. The lowest BCUT2D eigenvalue weighted by Gasteiger charge is -2.39. The molecular weight excluding hydrogens is 544 g/mol.